The molecule has 19 heteroatoms. The Morgan fingerprint density at radius 1 is 1.10 bits per heavy atom. The number of hydrogen-bond donors (Lipinski definition) is 3. The van der Waals surface area contributed by atoms with Crippen molar-refractivity contribution in [1.82, 2.24) is 29.9 Å². The number of carbonyl (C=O) groups is 4. The molecule has 3 saturated heterocycles. The maximum absolute atomic E-state index is 13.3. The van der Waals surface area contributed by atoms with Gasteiger partial charge in [0.05, 0.1) is 35.2 Å². The molecule has 1 atom stereocenters. The Morgan fingerprint density at radius 3 is 2.36 bits per heavy atom. The van der Waals surface area contributed by atoms with Crippen LogP contribution in [-0.2, 0) is 27.6 Å². The lowest BCUT2D eigenvalue weighted by Gasteiger charge is -2.39. The first-order chi connectivity index (χ1) is 28.9. The van der Waals surface area contributed by atoms with Crippen LogP contribution < -0.4 is 20.4 Å². The van der Waals surface area contributed by atoms with Crippen molar-refractivity contribution >= 4 is 69.2 Å². The number of nitriles is 1. The van der Waals surface area contributed by atoms with Crippen LogP contribution in [0.25, 0.3) is 10.9 Å². The number of pyridine rings is 1. The minimum absolute atomic E-state index is 0. The van der Waals surface area contributed by atoms with Gasteiger partial charge < -0.3 is 15.3 Å². The Hall–Kier alpha value is -5.19. The van der Waals surface area contributed by atoms with E-state index in [0.29, 0.717) is 24.1 Å². The summed E-state index contributed by atoms with van der Waals surface area (Å²) in [7, 11) is 1.78. The third-order valence-corrected chi connectivity index (χ3v) is 11.3. The van der Waals surface area contributed by atoms with Gasteiger partial charge in [-0.25, -0.2) is 9.78 Å². The van der Waals surface area contributed by atoms with Crippen molar-refractivity contribution in [2.45, 2.75) is 123 Å². The van der Waals surface area contributed by atoms with Gasteiger partial charge in [-0.15, -0.1) is 0 Å². The summed E-state index contributed by atoms with van der Waals surface area (Å²) in [5.74, 6) is -0.257. The fourth-order valence-electron chi connectivity index (χ4n) is 8.02. The number of aliphatic hydroxyl groups is 1. The molecule has 1 saturated carbocycles. The van der Waals surface area contributed by atoms with E-state index in [1.54, 1.807) is 32.5 Å². The third kappa shape index (κ3) is 11.0. The Bertz CT molecular complexity index is 2130. The first-order valence-electron chi connectivity index (χ1n) is 20.8. The molecule has 7 rings (SSSR count). The summed E-state index contributed by atoms with van der Waals surface area (Å²) in [5.41, 5.74) is -1.52. The van der Waals surface area contributed by atoms with E-state index < -0.39 is 34.9 Å². The number of aromatic nitrogens is 3. The molecule has 3 aromatic rings. The predicted molar refractivity (Wildman–Crippen MR) is 235 cm³/mol. The third-order valence-electron chi connectivity index (χ3n) is 10.9. The van der Waals surface area contributed by atoms with Gasteiger partial charge >= 0.3 is 12.2 Å². The van der Waals surface area contributed by atoms with Gasteiger partial charge in [0.2, 0.25) is 11.8 Å². The number of urea groups is 1. The van der Waals surface area contributed by atoms with Gasteiger partial charge in [0.25, 0.3) is 5.91 Å². The van der Waals surface area contributed by atoms with Crippen LogP contribution in [0.5, 0.6) is 0 Å². The number of anilines is 3. The molecule has 4 aliphatic rings. The van der Waals surface area contributed by atoms with E-state index in [0.717, 1.165) is 79.6 Å². The highest BCUT2D eigenvalue weighted by molar-refractivity contribution is 7.80. The molecule has 4 fully saturated rings. The first-order valence-corrected chi connectivity index (χ1v) is 21.2. The molecule has 15 nitrogen and oxygen atoms in total. The van der Waals surface area contributed by atoms with Crippen molar-refractivity contribution in [2.75, 3.05) is 41.4 Å². The molecular weight excluding hydrogens is 814 g/mol. The number of hydrogen-bond acceptors (Lipinski definition) is 10. The van der Waals surface area contributed by atoms with E-state index in [-0.39, 0.29) is 51.1 Å². The van der Waals surface area contributed by atoms with Gasteiger partial charge in [-0.2, -0.15) is 23.5 Å². The minimum atomic E-state index is -4.75. The number of fused-ring (bicyclic) bond motifs is 1. The molecule has 1 aliphatic carbocycles. The Balaban J connectivity index is 0.000000383. The SMILES string of the molecule is CC.CC1(C)C(=O)N(c2cnc(C#N)c(C(F)(F)F)c2)C(=S)N1C1CCCCC1.CCO.C[C@@H]1CCCCN1CC(=O)Nc1cccc2c(N3CCC(=O)NC3=O)nn(C)c12.[HH].[HH]. The number of imide groups is 1. The number of nitrogens with zero attached hydrogens (tertiary/aromatic N) is 8. The van der Waals surface area contributed by atoms with Crippen LogP contribution >= 0.6 is 12.2 Å². The van der Waals surface area contributed by atoms with Gasteiger partial charge in [0, 0.05) is 46.9 Å². The zero-order chi connectivity index (χ0) is 45.2. The normalized spacial score (nSPS) is 19.5. The lowest BCUT2D eigenvalue weighted by molar-refractivity contribution is -0.138. The Kier molecular flexibility index (Phi) is 16.7. The number of halogens is 3. The number of thiocarbonyl (C=S) groups is 1. The Labute approximate surface area is 363 Å². The van der Waals surface area contributed by atoms with Crippen LogP contribution in [0.15, 0.2) is 30.5 Å². The van der Waals surface area contributed by atoms with Crippen LogP contribution in [0.2, 0.25) is 0 Å². The number of benzene rings is 1. The average Bonchev–Trinajstić information content (AvgIpc) is 3.65. The van der Waals surface area contributed by atoms with E-state index in [4.69, 9.17) is 22.6 Å². The highest BCUT2D eigenvalue weighted by Gasteiger charge is 2.52. The monoisotopic (exact) mass is 874 g/mol. The first kappa shape index (κ1) is 48.5. The van der Waals surface area contributed by atoms with Crippen molar-refractivity contribution in [3.05, 3.63) is 41.7 Å². The van der Waals surface area contributed by atoms with Gasteiger partial charge in [0.1, 0.15) is 11.6 Å². The lowest BCUT2D eigenvalue weighted by atomic mass is 9.91. The summed E-state index contributed by atoms with van der Waals surface area (Å²) in [6.07, 6.45) is 5.01. The summed E-state index contributed by atoms with van der Waals surface area (Å²) in [5, 5.41) is 27.3. The van der Waals surface area contributed by atoms with Crippen LogP contribution in [0.1, 0.15) is 113 Å². The molecule has 2 aromatic heterocycles. The standard InChI is InChI=1S/C20H26N6O3.C18H19F3N4OS.C2H6O.C2H6.2H2/c1-13-6-3-4-10-25(13)12-17(28)21-15-8-5-7-14-18(15)24(2)23-19(14)26-11-9-16(27)22-20(26)29;1-17(2)15(26)24(16(27)25(17)11-6-4-3-5-7-11)12-8-13(18(19,20)21)14(9-22)23-10-12;1-2-3;1-2;;/h5,7-8,13H,3-4,6,9-12H2,1-2H3,(H,21,28)(H,22,27,29);8,10-11H,3-7H2,1-2H3;3H,2H2,1H3;1-2H3;2*1H/t13-;;;;;/m1...../s1. The number of amides is 5. The number of carbonyl (C=O) groups excluding carboxylic acids is 4. The Morgan fingerprint density at radius 2 is 1.75 bits per heavy atom. The zero-order valence-corrected chi connectivity index (χ0v) is 36.8. The van der Waals surface area contributed by atoms with Crippen molar-refractivity contribution in [3.8, 4) is 6.07 Å². The second kappa shape index (κ2) is 21.1. The van der Waals surface area contributed by atoms with Crippen molar-refractivity contribution in [1.29, 1.82) is 5.26 Å². The number of piperidine rings is 1. The number of nitrogens with one attached hydrogen (secondary N) is 2. The number of alkyl halides is 3. The maximum atomic E-state index is 13.3. The average molecular weight is 875 g/mol. The number of para-hydroxylation sites is 1. The molecule has 3 N–H and O–H groups in total. The smallest absolute Gasteiger partial charge is 0.397 e. The molecule has 3 aliphatic heterocycles. The summed E-state index contributed by atoms with van der Waals surface area (Å²) < 4.78 is 41.5. The quantitative estimate of drug-likeness (QED) is 0.211. The number of rotatable bonds is 6. The molecule has 1 aromatic carbocycles. The number of aryl methyl sites for hydroxylation is 1. The van der Waals surface area contributed by atoms with E-state index in [2.05, 4.69) is 32.5 Å². The summed E-state index contributed by atoms with van der Waals surface area (Å²) in [6, 6.07) is 7.77. The van der Waals surface area contributed by atoms with Crippen LogP contribution in [0.3, 0.4) is 0 Å². The molecule has 0 bridgehead atoms. The van der Waals surface area contributed by atoms with Crippen molar-refractivity contribution in [3.63, 3.8) is 0 Å². The summed E-state index contributed by atoms with van der Waals surface area (Å²) in [6.45, 7) is 13.1. The predicted octanol–water partition coefficient (Wildman–Crippen LogP) is 7.37. The summed E-state index contributed by atoms with van der Waals surface area (Å²) in [4.78, 5) is 59.7. The van der Waals surface area contributed by atoms with E-state index in [1.165, 1.54) is 17.4 Å². The molecule has 5 heterocycles. The van der Waals surface area contributed by atoms with Gasteiger partial charge in [0.15, 0.2) is 16.6 Å². The highest BCUT2D eigenvalue weighted by atomic mass is 32.1. The largest absolute Gasteiger partial charge is 0.419 e. The topological polar surface area (TPSA) is 180 Å². The lowest BCUT2D eigenvalue weighted by Crippen LogP contribution is -2.50. The van der Waals surface area contributed by atoms with E-state index in [1.807, 2.05) is 36.9 Å². The molecule has 0 unspecified atom stereocenters. The molecule has 5 amide bonds. The maximum Gasteiger partial charge on any atom is 0.419 e. The fourth-order valence-corrected chi connectivity index (χ4v) is 8.59. The second-order valence-corrected chi connectivity index (χ2v) is 15.8. The highest BCUT2D eigenvalue weighted by Crippen LogP contribution is 2.40. The van der Waals surface area contributed by atoms with E-state index in [9.17, 15) is 32.3 Å². The zero-order valence-electron chi connectivity index (χ0n) is 35.9. The number of likely N-dealkylation sites (tertiary alicyclic amines) is 1. The summed E-state index contributed by atoms with van der Waals surface area (Å²) >= 11 is 5.51. The van der Waals surface area contributed by atoms with Crippen molar-refractivity contribution < 1.29 is 40.3 Å². The molecule has 0 radical (unpaired) electrons. The van der Waals surface area contributed by atoms with E-state index >= 15 is 0 Å². The fraction of sp³-hybridized carbons (Fsp3) is 0.571. The van der Waals surface area contributed by atoms with Gasteiger partial charge in [-0.3, -0.25) is 39.1 Å². The van der Waals surface area contributed by atoms with Gasteiger partial charge in [-0.05, 0) is 90.3 Å². The van der Waals surface area contributed by atoms with Crippen LogP contribution in [-0.4, -0.2) is 102 Å². The minimum Gasteiger partial charge on any atom is -0.397 e. The van der Waals surface area contributed by atoms with Crippen LogP contribution in [0, 0.1) is 11.3 Å². The molecular formula is C42H61F3N10O5S. The van der Waals surface area contributed by atoms with Crippen molar-refractivity contribution in [2.24, 2.45) is 7.05 Å². The molecule has 336 valence electrons. The second-order valence-electron chi connectivity index (χ2n) is 15.4. The molecule has 0 spiro atoms. The van der Waals surface area contributed by atoms with Gasteiger partial charge in [-0.1, -0.05) is 45.6 Å². The van der Waals surface area contributed by atoms with Crippen LogP contribution in [0.4, 0.5) is 35.2 Å². The number of aliphatic hydroxyl groups excluding tert-OH is 1. The molecule has 61 heavy (non-hydrogen) atoms.